The summed E-state index contributed by atoms with van der Waals surface area (Å²) < 4.78 is 5.14. The summed E-state index contributed by atoms with van der Waals surface area (Å²) in [6.45, 7) is 8.26. The summed E-state index contributed by atoms with van der Waals surface area (Å²) in [6.07, 6.45) is 3.69. The van der Waals surface area contributed by atoms with Gasteiger partial charge >= 0.3 is 5.97 Å². The van der Waals surface area contributed by atoms with Gasteiger partial charge in [0.2, 0.25) is 0 Å². The molecule has 3 atom stereocenters. The van der Waals surface area contributed by atoms with Gasteiger partial charge in [-0.2, -0.15) is 0 Å². The number of esters is 1. The van der Waals surface area contributed by atoms with Gasteiger partial charge in [-0.1, -0.05) is 33.6 Å². The fourth-order valence-corrected chi connectivity index (χ4v) is 3.34. The van der Waals surface area contributed by atoms with E-state index in [2.05, 4.69) is 6.92 Å². The summed E-state index contributed by atoms with van der Waals surface area (Å²) in [5.41, 5.74) is -0.852. The molecular formula is C14H26O3. The Labute approximate surface area is 105 Å². The van der Waals surface area contributed by atoms with E-state index in [-0.39, 0.29) is 23.7 Å². The first-order valence-electron chi connectivity index (χ1n) is 6.86. The fraction of sp³-hybridized carbons (Fsp3) is 0.929. The van der Waals surface area contributed by atoms with Crippen LogP contribution >= 0.6 is 0 Å². The Hall–Kier alpha value is -0.570. The molecule has 1 aliphatic rings. The molecule has 0 bridgehead atoms. The van der Waals surface area contributed by atoms with Crippen molar-refractivity contribution < 1.29 is 14.6 Å². The maximum Gasteiger partial charge on any atom is 0.312 e. The van der Waals surface area contributed by atoms with E-state index in [1.54, 1.807) is 0 Å². The van der Waals surface area contributed by atoms with Crippen LogP contribution in [0.3, 0.4) is 0 Å². The van der Waals surface area contributed by atoms with Gasteiger partial charge in [0, 0.05) is 0 Å². The predicted molar refractivity (Wildman–Crippen MR) is 67.5 cm³/mol. The largest absolute Gasteiger partial charge is 0.466 e. The van der Waals surface area contributed by atoms with E-state index in [0.29, 0.717) is 6.61 Å². The standard InChI is InChI=1S/C14H26O3/c1-5-11-8-7-9-14(11,16)12(10(3)4)13(15)17-6-2/h10-12,16H,5-9H2,1-4H3. The molecule has 0 aromatic carbocycles. The smallest absolute Gasteiger partial charge is 0.312 e. The van der Waals surface area contributed by atoms with Crippen molar-refractivity contribution in [2.45, 2.75) is 59.0 Å². The van der Waals surface area contributed by atoms with E-state index in [1.165, 1.54) is 0 Å². The monoisotopic (exact) mass is 242 g/mol. The van der Waals surface area contributed by atoms with Crippen LogP contribution in [0.25, 0.3) is 0 Å². The summed E-state index contributed by atoms with van der Waals surface area (Å²) in [6, 6.07) is 0. The molecule has 3 nitrogen and oxygen atoms in total. The third-order valence-electron chi connectivity index (χ3n) is 4.08. The van der Waals surface area contributed by atoms with E-state index < -0.39 is 5.60 Å². The molecule has 0 saturated heterocycles. The van der Waals surface area contributed by atoms with E-state index in [1.807, 2.05) is 20.8 Å². The van der Waals surface area contributed by atoms with Crippen molar-refractivity contribution in [2.24, 2.45) is 17.8 Å². The quantitative estimate of drug-likeness (QED) is 0.754. The Bertz CT molecular complexity index is 262. The van der Waals surface area contributed by atoms with Gasteiger partial charge in [0.15, 0.2) is 0 Å². The molecule has 0 aliphatic heterocycles. The van der Waals surface area contributed by atoms with Crippen molar-refractivity contribution in [3.05, 3.63) is 0 Å². The summed E-state index contributed by atoms with van der Waals surface area (Å²) in [7, 11) is 0. The third-order valence-corrected chi connectivity index (χ3v) is 4.08. The Kier molecular flexibility index (Phi) is 4.99. The lowest BCUT2D eigenvalue weighted by molar-refractivity contribution is -0.165. The minimum atomic E-state index is -0.852. The first-order valence-corrected chi connectivity index (χ1v) is 6.86. The van der Waals surface area contributed by atoms with Crippen LogP contribution in [0.2, 0.25) is 0 Å². The molecule has 1 rings (SSSR count). The SMILES string of the molecule is CCOC(=O)C(C(C)C)C1(O)CCCC1CC. The Morgan fingerprint density at radius 3 is 2.59 bits per heavy atom. The minimum Gasteiger partial charge on any atom is -0.466 e. The van der Waals surface area contributed by atoms with Gasteiger partial charge in [-0.05, 0) is 31.6 Å². The van der Waals surface area contributed by atoms with Gasteiger partial charge in [0.1, 0.15) is 0 Å². The molecule has 1 fully saturated rings. The van der Waals surface area contributed by atoms with Crippen LogP contribution in [-0.4, -0.2) is 23.3 Å². The minimum absolute atomic E-state index is 0.117. The van der Waals surface area contributed by atoms with Crippen molar-refractivity contribution in [1.29, 1.82) is 0 Å². The number of hydrogen-bond acceptors (Lipinski definition) is 3. The molecule has 17 heavy (non-hydrogen) atoms. The second-order valence-electron chi connectivity index (χ2n) is 5.46. The van der Waals surface area contributed by atoms with E-state index in [4.69, 9.17) is 4.74 Å². The Balaban J connectivity index is 2.93. The van der Waals surface area contributed by atoms with Gasteiger partial charge in [-0.25, -0.2) is 0 Å². The van der Waals surface area contributed by atoms with Crippen LogP contribution in [-0.2, 0) is 9.53 Å². The van der Waals surface area contributed by atoms with Crippen LogP contribution in [0.5, 0.6) is 0 Å². The molecule has 0 aromatic rings. The van der Waals surface area contributed by atoms with Crippen LogP contribution in [0.15, 0.2) is 0 Å². The first-order chi connectivity index (χ1) is 7.97. The summed E-state index contributed by atoms with van der Waals surface area (Å²) in [4.78, 5) is 12.1. The lowest BCUT2D eigenvalue weighted by atomic mass is 9.72. The van der Waals surface area contributed by atoms with E-state index in [9.17, 15) is 9.90 Å². The molecule has 0 amide bonds. The van der Waals surface area contributed by atoms with Crippen molar-refractivity contribution in [3.8, 4) is 0 Å². The average Bonchev–Trinajstić information content (AvgIpc) is 2.59. The van der Waals surface area contributed by atoms with Gasteiger partial charge in [0.25, 0.3) is 0 Å². The maximum atomic E-state index is 12.1. The highest BCUT2D eigenvalue weighted by Crippen LogP contribution is 2.45. The average molecular weight is 242 g/mol. The molecule has 3 unspecified atom stereocenters. The van der Waals surface area contributed by atoms with Gasteiger partial charge < -0.3 is 9.84 Å². The molecule has 0 aromatic heterocycles. The number of ether oxygens (including phenoxy) is 1. The zero-order valence-electron chi connectivity index (χ0n) is 11.5. The molecular weight excluding hydrogens is 216 g/mol. The van der Waals surface area contributed by atoms with Crippen molar-refractivity contribution >= 4 is 5.97 Å². The number of rotatable bonds is 5. The molecule has 1 N–H and O–H groups in total. The third kappa shape index (κ3) is 2.82. The molecule has 0 spiro atoms. The maximum absolute atomic E-state index is 12.1. The van der Waals surface area contributed by atoms with Crippen molar-refractivity contribution in [1.82, 2.24) is 0 Å². The highest BCUT2D eigenvalue weighted by molar-refractivity contribution is 5.74. The van der Waals surface area contributed by atoms with Crippen molar-refractivity contribution in [2.75, 3.05) is 6.61 Å². The predicted octanol–water partition coefficient (Wildman–Crippen LogP) is 2.76. The van der Waals surface area contributed by atoms with Crippen LogP contribution in [0, 0.1) is 17.8 Å². The first kappa shape index (κ1) is 14.5. The molecule has 3 heteroatoms. The van der Waals surface area contributed by atoms with E-state index in [0.717, 1.165) is 25.7 Å². The van der Waals surface area contributed by atoms with Gasteiger partial charge in [-0.3, -0.25) is 4.79 Å². The van der Waals surface area contributed by atoms with Crippen LogP contribution in [0.4, 0.5) is 0 Å². The number of hydrogen-bond donors (Lipinski definition) is 1. The lowest BCUT2D eigenvalue weighted by Crippen LogP contribution is -2.48. The molecule has 1 aliphatic carbocycles. The highest BCUT2D eigenvalue weighted by atomic mass is 16.5. The second kappa shape index (κ2) is 5.85. The number of carbonyl (C=O) groups is 1. The lowest BCUT2D eigenvalue weighted by Gasteiger charge is -2.38. The Morgan fingerprint density at radius 2 is 2.12 bits per heavy atom. The topological polar surface area (TPSA) is 46.5 Å². The molecule has 1 saturated carbocycles. The number of carbonyl (C=O) groups excluding carboxylic acids is 1. The van der Waals surface area contributed by atoms with Crippen molar-refractivity contribution in [3.63, 3.8) is 0 Å². The molecule has 0 heterocycles. The summed E-state index contributed by atoms with van der Waals surface area (Å²) in [5, 5.41) is 10.9. The Morgan fingerprint density at radius 1 is 1.47 bits per heavy atom. The summed E-state index contributed by atoms with van der Waals surface area (Å²) in [5.74, 6) is -0.259. The summed E-state index contributed by atoms with van der Waals surface area (Å²) >= 11 is 0. The highest BCUT2D eigenvalue weighted by Gasteiger charge is 2.51. The van der Waals surface area contributed by atoms with Crippen LogP contribution in [0.1, 0.15) is 53.4 Å². The zero-order chi connectivity index (χ0) is 13.1. The van der Waals surface area contributed by atoms with Crippen LogP contribution < -0.4 is 0 Å². The zero-order valence-corrected chi connectivity index (χ0v) is 11.5. The normalized spacial score (nSPS) is 30.6. The fourth-order valence-electron chi connectivity index (χ4n) is 3.34. The second-order valence-corrected chi connectivity index (χ2v) is 5.46. The van der Waals surface area contributed by atoms with Gasteiger partial charge in [0.05, 0.1) is 18.1 Å². The van der Waals surface area contributed by atoms with Gasteiger partial charge in [-0.15, -0.1) is 0 Å². The molecule has 0 radical (unpaired) electrons. The molecule has 100 valence electrons. The van der Waals surface area contributed by atoms with E-state index >= 15 is 0 Å². The number of aliphatic hydroxyl groups is 1.